The van der Waals surface area contributed by atoms with Crippen LogP contribution in [-0.4, -0.2) is 42.8 Å². The molecule has 33 heavy (non-hydrogen) atoms. The van der Waals surface area contributed by atoms with E-state index in [1.165, 1.54) is 5.56 Å². The minimum Gasteiger partial charge on any atom is -0.468 e. The summed E-state index contributed by atoms with van der Waals surface area (Å²) in [6.07, 6.45) is 3.88. The van der Waals surface area contributed by atoms with Crippen molar-refractivity contribution in [3.05, 3.63) is 75.2 Å². The number of nitrogens with one attached hydrogen (secondary N) is 1. The van der Waals surface area contributed by atoms with E-state index in [1.54, 1.807) is 6.26 Å². The molecule has 1 N–H and O–H groups in total. The standard InChI is InChI=1S/C24H28N6O3/c1-16-9-18-11-19(24(31)25-22(18)10-17(16)2)12-29(13-20-5-3-7-32-20)15-23-26-27-28-30(23)14-21-6-4-8-33-21/h3,5,7,9-11,21H,4,6,8,12-15H2,1-2H3,(H,25,31)/t21-/m1/s1. The number of nitrogens with zero attached hydrogens (tertiary/aromatic N) is 5. The van der Waals surface area contributed by atoms with Crippen molar-refractivity contribution in [1.82, 2.24) is 30.1 Å². The van der Waals surface area contributed by atoms with E-state index >= 15 is 0 Å². The number of aromatic nitrogens is 5. The smallest absolute Gasteiger partial charge is 0.252 e. The molecule has 172 valence electrons. The first-order valence-corrected chi connectivity index (χ1v) is 11.3. The summed E-state index contributed by atoms with van der Waals surface area (Å²) in [6, 6.07) is 9.91. The molecule has 0 radical (unpaired) electrons. The third-order valence-corrected chi connectivity index (χ3v) is 6.26. The Bertz CT molecular complexity index is 1290. The molecule has 0 bridgehead atoms. The average molecular weight is 449 g/mol. The van der Waals surface area contributed by atoms with Crippen molar-refractivity contribution in [1.29, 1.82) is 0 Å². The molecule has 1 aliphatic heterocycles. The molecule has 0 amide bonds. The fourth-order valence-corrected chi connectivity index (χ4v) is 4.33. The summed E-state index contributed by atoms with van der Waals surface area (Å²) >= 11 is 0. The molecule has 4 heterocycles. The molecule has 4 aromatic rings. The number of tetrazole rings is 1. The second kappa shape index (κ2) is 9.29. The van der Waals surface area contributed by atoms with E-state index in [1.807, 2.05) is 35.9 Å². The molecule has 0 saturated carbocycles. The normalized spacial score (nSPS) is 16.3. The van der Waals surface area contributed by atoms with Gasteiger partial charge < -0.3 is 14.1 Å². The van der Waals surface area contributed by atoms with E-state index in [9.17, 15) is 4.79 Å². The van der Waals surface area contributed by atoms with Crippen LogP contribution >= 0.6 is 0 Å². The zero-order valence-corrected chi connectivity index (χ0v) is 19.0. The van der Waals surface area contributed by atoms with Crippen LogP contribution in [0, 0.1) is 13.8 Å². The molecule has 0 spiro atoms. The lowest BCUT2D eigenvalue weighted by molar-refractivity contribution is 0.0913. The Labute approximate surface area is 191 Å². The number of aromatic amines is 1. The highest BCUT2D eigenvalue weighted by molar-refractivity contribution is 5.80. The SMILES string of the molecule is Cc1cc2cc(CN(Cc3ccco3)Cc3nnnn3C[C@H]3CCCO3)c(=O)[nH]c2cc1C. The van der Waals surface area contributed by atoms with Crippen LogP contribution in [0.2, 0.25) is 0 Å². The predicted molar refractivity (Wildman–Crippen MR) is 122 cm³/mol. The van der Waals surface area contributed by atoms with Crippen LogP contribution in [0.3, 0.4) is 0 Å². The van der Waals surface area contributed by atoms with Gasteiger partial charge in [0, 0.05) is 24.2 Å². The Morgan fingerprint density at radius 3 is 2.85 bits per heavy atom. The van der Waals surface area contributed by atoms with E-state index in [4.69, 9.17) is 9.15 Å². The second-order valence-corrected chi connectivity index (χ2v) is 8.78. The number of furan rings is 1. The van der Waals surface area contributed by atoms with Gasteiger partial charge in [0.1, 0.15) is 5.76 Å². The number of fused-ring (bicyclic) bond motifs is 1. The number of aryl methyl sites for hydroxylation is 2. The van der Waals surface area contributed by atoms with Gasteiger partial charge >= 0.3 is 0 Å². The number of rotatable bonds is 8. The number of hydrogen-bond acceptors (Lipinski definition) is 7. The van der Waals surface area contributed by atoms with Gasteiger partial charge in [0.25, 0.3) is 5.56 Å². The minimum absolute atomic E-state index is 0.0888. The van der Waals surface area contributed by atoms with Crippen LogP contribution in [0.25, 0.3) is 10.9 Å². The first-order chi connectivity index (χ1) is 16.0. The van der Waals surface area contributed by atoms with E-state index in [2.05, 4.69) is 38.4 Å². The van der Waals surface area contributed by atoms with Crippen molar-refractivity contribution >= 4 is 10.9 Å². The molecule has 9 heteroatoms. The molecular formula is C24H28N6O3. The summed E-state index contributed by atoms with van der Waals surface area (Å²) in [6.45, 7) is 6.99. The predicted octanol–water partition coefficient (Wildman–Crippen LogP) is 3.11. The lowest BCUT2D eigenvalue weighted by Crippen LogP contribution is -2.28. The average Bonchev–Trinajstić information content (AvgIpc) is 3.55. The highest BCUT2D eigenvalue weighted by Crippen LogP contribution is 2.19. The van der Waals surface area contributed by atoms with Gasteiger partial charge in [-0.2, -0.15) is 0 Å². The van der Waals surface area contributed by atoms with Crippen molar-refractivity contribution in [2.24, 2.45) is 0 Å². The van der Waals surface area contributed by atoms with Crippen LogP contribution in [0.1, 0.15) is 41.1 Å². The summed E-state index contributed by atoms with van der Waals surface area (Å²) in [5, 5.41) is 13.3. The summed E-state index contributed by atoms with van der Waals surface area (Å²) in [5.41, 5.74) is 3.80. The van der Waals surface area contributed by atoms with Crippen LogP contribution < -0.4 is 5.56 Å². The van der Waals surface area contributed by atoms with Gasteiger partial charge in [0.2, 0.25) is 0 Å². The van der Waals surface area contributed by atoms with Gasteiger partial charge in [-0.05, 0) is 84.0 Å². The maximum absolute atomic E-state index is 12.9. The topological polar surface area (TPSA) is 102 Å². The summed E-state index contributed by atoms with van der Waals surface area (Å²) < 4.78 is 13.1. The highest BCUT2D eigenvalue weighted by Gasteiger charge is 2.21. The fourth-order valence-electron chi connectivity index (χ4n) is 4.33. The van der Waals surface area contributed by atoms with Crippen LogP contribution in [0.5, 0.6) is 0 Å². The quantitative estimate of drug-likeness (QED) is 0.442. The molecule has 0 unspecified atom stereocenters. The third kappa shape index (κ3) is 4.89. The zero-order chi connectivity index (χ0) is 22.8. The van der Waals surface area contributed by atoms with Gasteiger partial charge in [-0.15, -0.1) is 5.10 Å². The zero-order valence-electron chi connectivity index (χ0n) is 19.0. The first kappa shape index (κ1) is 21.5. The molecule has 9 nitrogen and oxygen atoms in total. The monoisotopic (exact) mass is 448 g/mol. The van der Waals surface area contributed by atoms with Crippen molar-refractivity contribution in [2.45, 2.75) is 59.0 Å². The lowest BCUT2D eigenvalue weighted by atomic mass is 10.0. The van der Waals surface area contributed by atoms with Crippen molar-refractivity contribution in [2.75, 3.05) is 6.61 Å². The Morgan fingerprint density at radius 2 is 2.06 bits per heavy atom. The maximum Gasteiger partial charge on any atom is 0.252 e. The number of benzene rings is 1. The molecule has 1 fully saturated rings. The Balaban J connectivity index is 1.42. The Morgan fingerprint density at radius 1 is 1.18 bits per heavy atom. The van der Waals surface area contributed by atoms with Gasteiger partial charge in [0.05, 0.1) is 32.0 Å². The summed E-state index contributed by atoms with van der Waals surface area (Å²) in [7, 11) is 0. The number of H-pyrrole nitrogens is 1. The number of pyridine rings is 1. The van der Waals surface area contributed by atoms with E-state index in [-0.39, 0.29) is 11.7 Å². The molecular weight excluding hydrogens is 420 g/mol. The molecule has 1 aromatic carbocycles. The lowest BCUT2D eigenvalue weighted by Gasteiger charge is -2.21. The summed E-state index contributed by atoms with van der Waals surface area (Å²) in [5.74, 6) is 1.55. The van der Waals surface area contributed by atoms with Crippen molar-refractivity contribution in [3.63, 3.8) is 0 Å². The van der Waals surface area contributed by atoms with Crippen molar-refractivity contribution < 1.29 is 9.15 Å². The highest BCUT2D eigenvalue weighted by atomic mass is 16.5. The van der Waals surface area contributed by atoms with E-state index in [0.717, 1.165) is 47.5 Å². The largest absolute Gasteiger partial charge is 0.468 e. The molecule has 1 saturated heterocycles. The fraction of sp³-hybridized carbons (Fsp3) is 0.417. The first-order valence-electron chi connectivity index (χ1n) is 11.3. The van der Waals surface area contributed by atoms with E-state index in [0.29, 0.717) is 31.7 Å². The number of ether oxygens (including phenoxy) is 1. The molecule has 3 aromatic heterocycles. The van der Waals surface area contributed by atoms with E-state index < -0.39 is 0 Å². The van der Waals surface area contributed by atoms with Crippen molar-refractivity contribution in [3.8, 4) is 0 Å². The minimum atomic E-state index is -0.0888. The van der Waals surface area contributed by atoms with Crippen LogP contribution in [-0.2, 0) is 30.9 Å². The van der Waals surface area contributed by atoms with Gasteiger partial charge in [0.15, 0.2) is 5.82 Å². The van der Waals surface area contributed by atoms with Gasteiger partial charge in [-0.3, -0.25) is 9.69 Å². The molecule has 5 rings (SSSR count). The van der Waals surface area contributed by atoms with Crippen LogP contribution in [0.15, 0.2) is 45.8 Å². The third-order valence-electron chi connectivity index (χ3n) is 6.26. The molecule has 1 atom stereocenters. The second-order valence-electron chi connectivity index (χ2n) is 8.78. The van der Waals surface area contributed by atoms with Gasteiger partial charge in [-0.1, -0.05) is 0 Å². The Hall–Kier alpha value is -3.30. The number of hydrogen-bond donors (Lipinski definition) is 1. The molecule has 1 aliphatic rings. The molecule has 0 aliphatic carbocycles. The Kier molecular flexibility index (Phi) is 6.06. The van der Waals surface area contributed by atoms with Crippen LogP contribution in [0.4, 0.5) is 0 Å². The van der Waals surface area contributed by atoms with Gasteiger partial charge in [-0.25, -0.2) is 4.68 Å². The maximum atomic E-state index is 12.9. The summed E-state index contributed by atoms with van der Waals surface area (Å²) in [4.78, 5) is 18.1.